The molecule has 0 aromatic carbocycles. The van der Waals surface area contributed by atoms with Crippen LogP contribution < -0.4 is 5.32 Å². The number of esters is 1. The fraction of sp³-hybridized carbons (Fsp3) is 0.765. The van der Waals surface area contributed by atoms with Crippen molar-refractivity contribution in [3.8, 4) is 0 Å². The summed E-state index contributed by atoms with van der Waals surface area (Å²) in [7, 11) is 0. The zero-order valence-corrected chi connectivity index (χ0v) is 13.8. The first-order chi connectivity index (χ1) is 10.9. The quantitative estimate of drug-likeness (QED) is 0.268. The smallest absolute Gasteiger partial charge is 0.349 e. The minimum atomic E-state index is -2.17. The number of fused-ring (bicyclic) bond motifs is 2. The standard InChI is InChI=1S/C17H27NO5/c1-3-4-5-6-7-8-12(19)9-10-13-14-11(2)18-15(20)17(13,22)16(21)23-14/h9-14,19,22H,3-8H2,1-2H3,(H,18,20)/b10-9+/t11-,12-,13-,14-,17+/m1/s1. The molecule has 0 radical (unpaired) electrons. The van der Waals surface area contributed by atoms with Gasteiger partial charge in [-0.3, -0.25) is 4.79 Å². The van der Waals surface area contributed by atoms with E-state index in [-0.39, 0.29) is 6.04 Å². The van der Waals surface area contributed by atoms with Crippen molar-refractivity contribution in [1.82, 2.24) is 5.32 Å². The van der Waals surface area contributed by atoms with Gasteiger partial charge in [0.05, 0.1) is 18.1 Å². The normalized spacial score (nSPS) is 34.5. The lowest BCUT2D eigenvalue weighted by Gasteiger charge is -2.33. The highest BCUT2D eigenvalue weighted by Crippen LogP contribution is 2.38. The van der Waals surface area contributed by atoms with Crippen molar-refractivity contribution in [2.45, 2.75) is 76.2 Å². The molecule has 2 saturated heterocycles. The molecular formula is C17H27NO5. The van der Waals surface area contributed by atoms with E-state index in [1.165, 1.54) is 12.8 Å². The molecule has 0 unspecified atom stereocenters. The molecule has 2 aliphatic heterocycles. The summed E-state index contributed by atoms with van der Waals surface area (Å²) in [6.07, 6.45) is 8.06. The summed E-state index contributed by atoms with van der Waals surface area (Å²) in [6.45, 7) is 3.88. The Labute approximate surface area is 136 Å². The van der Waals surface area contributed by atoms with Crippen molar-refractivity contribution >= 4 is 11.9 Å². The first kappa shape index (κ1) is 17.9. The van der Waals surface area contributed by atoms with Crippen LogP contribution in [-0.2, 0) is 14.3 Å². The molecule has 0 spiro atoms. The van der Waals surface area contributed by atoms with Crippen LogP contribution in [0.15, 0.2) is 12.2 Å². The van der Waals surface area contributed by atoms with Crippen molar-refractivity contribution in [2.75, 3.05) is 0 Å². The van der Waals surface area contributed by atoms with E-state index in [9.17, 15) is 19.8 Å². The molecule has 2 rings (SSSR count). The number of hydrogen-bond acceptors (Lipinski definition) is 5. The van der Waals surface area contributed by atoms with Crippen LogP contribution in [0.5, 0.6) is 0 Å². The van der Waals surface area contributed by atoms with E-state index in [0.717, 1.165) is 19.3 Å². The van der Waals surface area contributed by atoms with Crippen molar-refractivity contribution in [3.63, 3.8) is 0 Å². The summed E-state index contributed by atoms with van der Waals surface area (Å²) >= 11 is 0. The maximum atomic E-state index is 12.0. The molecule has 0 aromatic heterocycles. The van der Waals surface area contributed by atoms with E-state index >= 15 is 0 Å². The SMILES string of the molecule is CCCCCCC[C@@H](O)/C=C/[C@@H]1[C@@H]2OC(=O)[C@@]1(O)C(=O)N[C@@H]2C. The number of unbranched alkanes of at least 4 members (excludes halogenated alkanes) is 4. The second-order valence-electron chi connectivity index (χ2n) is 6.58. The molecule has 2 fully saturated rings. The molecular weight excluding hydrogens is 298 g/mol. The first-order valence-corrected chi connectivity index (χ1v) is 8.52. The lowest BCUT2D eigenvalue weighted by molar-refractivity contribution is -0.160. The van der Waals surface area contributed by atoms with E-state index in [0.29, 0.717) is 6.42 Å². The molecule has 1 amide bonds. The van der Waals surface area contributed by atoms with Crippen molar-refractivity contribution in [2.24, 2.45) is 5.92 Å². The van der Waals surface area contributed by atoms with Gasteiger partial charge in [-0.25, -0.2) is 4.79 Å². The molecule has 3 N–H and O–H groups in total. The van der Waals surface area contributed by atoms with Crippen LogP contribution in [0.3, 0.4) is 0 Å². The lowest BCUT2D eigenvalue weighted by atomic mass is 9.79. The van der Waals surface area contributed by atoms with Crippen molar-refractivity contribution in [1.29, 1.82) is 0 Å². The Kier molecular flexibility index (Phi) is 5.81. The van der Waals surface area contributed by atoms with Gasteiger partial charge in [0.1, 0.15) is 6.10 Å². The first-order valence-electron chi connectivity index (χ1n) is 8.52. The highest BCUT2D eigenvalue weighted by atomic mass is 16.6. The predicted molar refractivity (Wildman–Crippen MR) is 84.4 cm³/mol. The predicted octanol–water partition coefficient (Wildman–Crippen LogP) is 1.05. The third-order valence-corrected chi connectivity index (χ3v) is 4.73. The molecule has 5 atom stereocenters. The highest BCUT2D eigenvalue weighted by molar-refractivity contribution is 6.09. The van der Waals surface area contributed by atoms with Gasteiger partial charge in [-0.15, -0.1) is 0 Å². The van der Waals surface area contributed by atoms with Gasteiger partial charge in [-0.1, -0.05) is 51.2 Å². The van der Waals surface area contributed by atoms with E-state index in [4.69, 9.17) is 4.74 Å². The number of amides is 1. The average Bonchev–Trinajstić information content (AvgIpc) is 2.73. The van der Waals surface area contributed by atoms with E-state index < -0.39 is 35.6 Å². The maximum absolute atomic E-state index is 12.0. The summed E-state index contributed by atoms with van der Waals surface area (Å²) in [5.74, 6) is -2.39. The number of aliphatic hydroxyl groups is 2. The number of rotatable bonds is 8. The Hall–Kier alpha value is -1.40. The zero-order chi connectivity index (χ0) is 17.0. The Bertz CT molecular complexity index is 478. The Morgan fingerprint density at radius 3 is 2.70 bits per heavy atom. The Morgan fingerprint density at radius 1 is 1.30 bits per heavy atom. The number of ether oxygens (including phenoxy) is 1. The van der Waals surface area contributed by atoms with E-state index in [2.05, 4.69) is 12.2 Å². The van der Waals surface area contributed by atoms with Gasteiger partial charge in [0.2, 0.25) is 0 Å². The molecule has 130 valence electrons. The van der Waals surface area contributed by atoms with Crippen LogP contribution in [0.2, 0.25) is 0 Å². The van der Waals surface area contributed by atoms with Crippen LogP contribution in [0.4, 0.5) is 0 Å². The lowest BCUT2D eigenvalue weighted by Crippen LogP contribution is -2.62. The third kappa shape index (κ3) is 3.58. The van der Waals surface area contributed by atoms with E-state index in [1.807, 2.05) is 0 Å². The molecule has 6 heteroatoms. The molecule has 23 heavy (non-hydrogen) atoms. The van der Waals surface area contributed by atoms with Crippen LogP contribution in [-0.4, -0.2) is 45.9 Å². The minimum absolute atomic E-state index is 0.366. The topological polar surface area (TPSA) is 95.9 Å². The number of carbonyl (C=O) groups is 2. The van der Waals surface area contributed by atoms with Crippen molar-refractivity contribution < 1.29 is 24.5 Å². The highest BCUT2D eigenvalue weighted by Gasteiger charge is 2.65. The van der Waals surface area contributed by atoms with Gasteiger partial charge in [0.15, 0.2) is 0 Å². The number of aliphatic hydroxyl groups excluding tert-OH is 1. The molecule has 0 saturated carbocycles. The molecule has 2 bridgehead atoms. The minimum Gasteiger partial charge on any atom is -0.457 e. The fourth-order valence-corrected chi connectivity index (χ4v) is 3.27. The second-order valence-corrected chi connectivity index (χ2v) is 6.58. The average molecular weight is 325 g/mol. The van der Waals surface area contributed by atoms with Crippen LogP contribution >= 0.6 is 0 Å². The van der Waals surface area contributed by atoms with Gasteiger partial charge in [0.25, 0.3) is 11.5 Å². The monoisotopic (exact) mass is 325 g/mol. The molecule has 2 heterocycles. The summed E-state index contributed by atoms with van der Waals surface area (Å²) in [5.41, 5.74) is -2.17. The van der Waals surface area contributed by atoms with Gasteiger partial charge < -0.3 is 20.3 Å². The second kappa shape index (κ2) is 7.45. The van der Waals surface area contributed by atoms with E-state index in [1.54, 1.807) is 19.1 Å². The zero-order valence-electron chi connectivity index (χ0n) is 13.8. The molecule has 2 aliphatic rings. The molecule has 0 aliphatic carbocycles. The summed E-state index contributed by atoms with van der Waals surface area (Å²) < 4.78 is 5.14. The number of nitrogens with one attached hydrogen (secondary N) is 1. The van der Waals surface area contributed by atoms with Gasteiger partial charge in [-0.05, 0) is 13.3 Å². The van der Waals surface area contributed by atoms with Gasteiger partial charge in [-0.2, -0.15) is 0 Å². The number of hydrogen-bond donors (Lipinski definition) is 3. The van der Waals surface area contributed by atoms with Gasteiger partial charge >= 0.3 is 5.97 Å². The summed E-state index contributed by atoms with van der Waals surface area (Å²) in [4.78, 5) is 23.8. The summed E-state index contributed by atoms with van der Waals surface area (Å²) in [6, 6.07) is -0.366. The Morgan fingerprint density at radius 2 is 2.00 bits per heavy atom. The van der Waals surface area contributed by atoms with Crippen molar-refractivity contribution in [3.05, 3.63) is 12.2 Å². The van der Waals surface area contributed by atoms with Crippen LogP contribution in [0, 0.1) is 5.92 Å². The summed E-state index contributed by atoms with van der Waals surface area (Å²) in [5, 5.41) is 23.0. The maximum Gasteiger partial charge on any atom is 0.349 e. The third-order valence-electron chi connectivity index (χ3n) is 4.73. The van der Waals surface area contributed by atoms with Gasteiger partial charge in [0, 0.05) is 0 Å². The largest absolute Gasteiger partial charge is 0.457 e. The number of piperidine rings is 1. The van der Waals surface area contributed by atoms with Crippen LogP contribution in [0.1, 0.15) is 52.4 Å². The fourth-order valence-electron chi connectivity index (χ4n) is 3.27. The number of carbonyl (C=O) groups excluding carboxylic acids is 2. The molecule has 0 aromatic rings. The Balaban J connectivity index is 1.93. The molecule has 6 nitrogen and oxygen atoms in total. The van der Waals surface area contributed by atoms with Crippen LogP contribution in [0.25, 0.3) is 0 Å².